The van der Waals surface area contributed by atoms with Gasteiger partial charge in [0.1, 0.15) is 5.39 Å². The van der Waals surface area contributed by atoms with E-state index >= 15 is 0 Å². The SMILES string of the molecule is CCn1c(=O)c2cnc(Nc3ccc4c(c3)CNC(=O)C43CC3)nc2n1-c1ccnc(C(C)(C)C)c1. The first-order valence-electron chi connectivity index (χ1n) is 12.4. The summed E-state index contributed by atoms with van der Waals surface area (Å²) >= 11 is 0. The minimum atomic E-state index is -0.336. The van der Waals surface area contributed by atoms with Crippen molar-refractivity contribution >= 4 is 28.6 Å². The smallest absolute Gasteiger partial charge is 0.278 e. The van der Waals surface area contributed by atoms with Crippen LogP contribution in [0.4, 0.5) is 11.6 Å². The number of amides is 1. The first-order chi connectivity index (χ1) is 17.2. The van der Waals surface area contributed by atoms with Crippen LogP contribution >= 0.6 is 0 Å². The first-order valence-corrected chi connectivity index (χ1v) is 12.4. The summed E-state index contributed by atoms with van der Waals surface area (Å²) in [6.07, 6.45) is 5.15. The van der Waals surface area contributed by atoms with Crippen LogP contribution in [-0.4, -0.2) is 30.2 Å². The second kappa shape index (κ2) is 7.74. The molecule has 0 bridgehead atoms. The summed E-state index contributed by atoms with van der Waals surface area (Å²) in [4.78, 5) is 39.2. The number of fused-ring (bicyclic) bond motifs is 3. The zero-order chi connectivity index (χ0) is 25.2. The lowest BCUT2D eigenvalue weighted by Gasteiger charge is -2.25. The van der Waals surface area contributed by atoms with Crippen LogP contribution in [0.15, 0.2) is 47.5 Å². The van der Waals surface area contributed by atoms with Crippen LogP contribution in [0.2, 0.25) is 0 Å². The number of pyridine rings is 1. The number of anilines is 2. The van der Waals surface area contributed by atoms with E-state index in [2.05, 4.69) is 41.4 Å². The van der Waals surface area contributed by atoms with Crippen LogP contribution in [0.5, 0.6) is 0 Å². The molecule has 9 heteroatoms. The normalized spacial score (nSPS) is 16.2. The largest absolute Gasteiger partial charge is 0.351 e. The van der Waals surface area contributed by atoms with Crippen molar-refractivity contribution in [2.45, 2.75) is 64.5 Å². The predicted molar refractivity (Wildman–Crippen MR) is 138 cm³/mol. The molecule has 0 atom stereocenters. The van der Waals surface area contributed by atoms with Crippen LogP contribution < -0.4 is 16.2 Å². The zero-order valence-corrected chi connectivity index (χ0v) is 20.9. The molecular formula is C27H29N7O2. The topological polar surface area (TPSA) is 107 Å². The number of hydrogen-bond acceptors (Lipinski definition) is 6. The highest BCUT2D eigenvalue weighted by Crippen LogP contribution is 2.51. The summed E-state index contributed by atoms with van der Waals surface area (Å²) in [7, 11) is 0. The number of carbonyl (C=O) groups excluding carboxylic acids is 1. The van der Waals surface area contributed by atoms with Gasteiger partial charge in [-0.15, -0.1) is 0 Å². The molecule has 4 heterocycles. The van der Waals surface area contributed by atoms with Crippen LogP contribution in [0.25, 0.3) is 16.7 Å². The minimum absolute atomic E-state index is 0.132. The van der Waals surface area contributed by atoms with E-state index in [0.717, 1.165) is 41.0 Å². The van der Waals surface area contributed by atoms with Gasteiger partial charge in [0.05, 0.1) is 11.1 Å². The fourth-order valence-electron chi connectivity index (χ4n) is 5.10. The maximum atomic E-state index is 13.2. The fraction of sp³-hybridized carbons (Fsp3) is 0.370. The lowest BCUT2D eigenvalue weighted by Crippen LogP contribution is -2.39. The molecular weight excluding hydrogens is 454 g/mol. The summed E-state index contributed by atoms with van der Waals surface area (Å²) < 4.78 is 3.52. The first kappa shape index (κ1) is 22.5. The van der Waals surface area contributed by atoms with Gasteiger partial charge >= 0.3 is 0 Å². The van der Waals surface area contributed by atoms with Gasteiger partial charge < -0.3 is 10.6 Å². The Labute approximate surface area is 208 Å². The molecule has 0 radical (unpaired) electrons. The number of hydrogen-bond donors (Lipinski definition) is 2. The third-order valence-corrected chi connectivity index (χ3v) is 7.23. The van der Waals surface area contributed by atoms with Crippen molar-refractivity contribution in [1.82, 2.24) is 29.6 Å². The Morgan fingerprint density at radius 2 is 1.92 bits per heavy atom. The number of rotatable bonds is 4. The molecule has 1 aromatic carbocycles. The molecule has 1 fully saturated rings. The average molecular weight is 484 g/mol. The van der Waals surface area contributed by atoms with Gasteiger partial charge in [0.2, 0.25) is 11.9 Å². The van der Waals surface area contributed by atoms with E-state index in [4.69, 9.17) is 4.98 Å². The molecule has 1 aliphatic carbocycles. The van der Waals surface area contributed by atoms with E-state index in [1.165, 1.54) is 0 Å². The molecule has 1 amide bonds. The monoisotopic (exact) mass is 483 g/mol. The van der Waals surface area contributed by atoms with E-state index in [9.17, 15) is 9.59 Å². The average Bonchev–Trinajstić information content (AvgIpc) is 3.60. The molecule has 1 aliphatic heterocycles. The molecule has 184 valence electrons. The van der Waals surface area contributed by atoms with Crippen molar-refractivity contribution in [3.63, 3.8) is 0 Å². The zero-order valence-electron chi connectivity index (χ0n) is 20.9. The third kappa shape index (κ3) is 3.41. The molecule has 3 aromatic heterocycles. The van der Waals surface area contributed by atoms with Gasteiger partial charge in [-0.2, -0.15) is 4.98 Å². The second-order valence-electron chi connectivity index (χ2n) is 10.7. The van der Waals surface area contributed by atoms with E-state index in [1.54, 1.807) is 17.1 Å². The number of nitrogens with zero attached hydrogens (tertiary/aromatic N) is 5. The van der Waals surface area contributed by atoms with E-state index < -0.39 is 0 Å². The van der Waals surface area contributed by atoms with Crippen molar-refractivity contribution < 1.29 is 4.79 Å². The maximum Gasteiger partial charge on any atom is 0.278 e. The molecule has 0 unspecified atom stereocenters. The second-order valence-corrected chi connectivity index (χ2v) is 10.7. The van der Waals surface area contributed by atoms with Crippen molar-refractivity contribution in [3.8, 4) is 5.69 Å². The lowest BCUT2D eigenvalue weighted by molar-refractivity contribution is -0.124. The summed E-state index contributed by atoms with van der Waals surface area (Å²) in [5.41, 5.74) is 4.75. The Kier molecular flexibility index (Phi) is 4.83. The molecule has 1 saturated carbocycles. The Bertz CT molecular complexity index is 1590. The van der Waals surface area contributed by atoms with Gasteiger partial charge in [0.25, 0.3) is 5.56 Å². The van der Waals surface area contributed by atoms with Crippen molar-refractivity contribution in [3.05, 3.63) is 69.9 Å². The summed E-state index contributed by atoms with van der Waals surface area (Å²) in [5, 5.41) is 6.77. The molecule has 1 spiro atoms. The van der Waals surface area contributed by atoms with Gasteiger partial charge in [0.15, 0.2) is 5.65 Å². The number of aromatic nitrogens is 5. The van der Waals surface area contributed by atoms with Crippen LogP contribution in [0, 0.1) is 0 Å². The standard InChI is InChI=1S/C27H29N7O2/c1-5-33-23(35)19-15-30-25(32-22(19)34(33)18-8-11-28-21(13-18)26(2,3)4)31-17-6-7-20-16(12-17)14-29-24(36)27(20)9-10-27/h6-8,11-13,15H,5,9-10,14H2,1-4H3,(H,29,36)(H,30,31,32). The predicted octanol–water partition coefficient (Wildman–Crippen LogP) is 3.70. The quantitative estimate of drug-likeness (QED) is 0.458. The molecule has 36 heavy (non-hydrogen) atoms. The van der Waals surface area contributed by atoms with Gasteiger partial charge in [-0.05, 0) is 55.2 Å². The van der Waals surface area contributed by atoms with Gasteiger partial charge in [-0.1, -0.05) is 26.8 Å². The number of benzene rings is 1. The molecule has 0 saturated heterocycles. The van der Waals surface area contributed by atoms with Gasteiger partial charge in [0, 0.05) is 42.3 Å². The maximum absolute atomic E-state index is 13.2. The number of carbonyl (C=O) groups is 1. The highest BCUT2D eigenvalue weighted by molar-refractivity contribution is 5.93. The Hall–Kier alpha value is -4.01. The summed E-state index contributed by atoms with van der Waals surface area (Å²) in [6, 6.07) is 9.95. The Balaban J connectivity index is 1.42. The van der Waals surface area contributed by atoms with E-state index in [-0.39, 0.29) is 22.3 Å². The van der Waals surface area contributed by atoms with E-state index in [1.807, 2.05) is 41.9 Å². The minimum Gasteiger partial charge on any atom is -0.351 e. The van der Waals surface area contributed by atoms with E-state index in [0.29, 0.717) is 30.1 Å². The molecule has 2 aliphatic rings. The summed E-state index contributed by atoms with van der Waals surface area (Å²) in [5.74, 6) is 0.532. The number of nitrogens with one attached hydrogen (secondary N) is 2. The molecule has 9 nitrogen and oxygen atoms in total. The molecule has 2 N–H and O–H groups in total. The lowest BCUT2D eigenvalue weighted by atomic mass is 9.87. The van der Waals surface area contributed by atoms with Crippen molar-refractivity contribution in [2.24, 2.45) is 0 Å². The highest BCUT2D eigenvalue weighted by Gasteiger charge is 2.53. The van der Waals surface area contributed by atoms with Crippen LogP contribution in [0.3, 0.4) is 0 Å². The summed E-state index contributed by atoms with van der Waals surface area (Å²) in [6.45, 7) is 9.27. The Morgan fingerprint density at radius 1 is 1.11 bits per heavy atom. The fourth-order valence-corrected chi connectivity index (χ4v) is 5.10. The van der Waals surface area contributed by atoms with Gasteiger partial charge in [-0.25, -0.2) is 14.3 Å². The van der Waals surface area contributed by atoms with Crippen LogP contribution in [0.1, 0.15) is 57.4 Å². The highest BCUT2D eigenvalue weighted by atomic mass is 16.2. The Morgan fingerprint density at radius 3 is 2.64 bits per heavy atom. The van der Waals surface area contributed by atoms with Crippen LogP contribution in [-0.2, 0) is 28.7 Å². The van der Waals surface area contributed by atoms with Gasteiger partial charge in [-0.3, -0.25) is 14.6 Å². The molecule has 4 aromatic rings. The third-order valence-electron chi connectivity index (χ3n) is 7.23. The van der Waals surface area contributed by atoms with Crippen molar-refractivity contribution in [2.75, 3.05) is 5.32 Å². The van der Waals surface area contributed by atoms with Crippen molar-refractivity contribution in [1.29, 1.82) is 0 Å². The molecule has 6 rings (SSSR count).